The summed E-state index contributed by atoms with van der Waals surface area (Å²) in [6.45, 7) is 0.403. The maximum absolute atomic E-state index is 12.3. The Morgan fingerprint density at radius 3 is 2.72 bits per heavy atom. The lowest BCUT2D eigenvalue weighted by molar-refractivity contribution is -0.120. The smallest absolute Gasteiger partial charge is 0.224 e. The Bertz CT molecular complexity index is 1760. The average Bonchev–Trinajstić information content (AvgIpc) is 3.27. The van der Waals surface area contributed by atoms with Crippen molar-refractivity contribution >= 4 is 70.5 Å². The molecule has 39 heavy (non-hydrogen) atoms. The zero-order valence-electron chi connectivity index (χ0n) is 20.8. The summed E-state index contributed by atoms with van der Waals surface area (Å²) in [6, 6.07) is 16.9. The summed E-state index contributed by atoms with van der Waals surface area (Å²) in [5.74, 6) is 0.866. The first-order chi connectivity index (χ1) is 18.7. The Labute approximate surface area is 234 Å². The fourth-order valence-corrected chi connectivity index (χ4v) is 5.76. The van der Waals surface area contributed by atoms with E-state index in [1.165, 1.54) is 17.7 Å². The van der Waals surface area contributed by atoms with Gasteiger partial charge in [0.1, 0.15) is 39.2 Å². The van der Waals surface area contributed by atoms with Crippen LogP contribution in [-0.4, -0.2) is 47.8 Å². The molecule has 0 spiro atoms. The van der Waals surface area contributed by atoms with Gasteiger partial charge in [0.05, 0.1) is 28.3 Å². The highest BCUT2D eigenvalue weighted by atomic mass is 35.5. The Morgan fingerprint density at radius 2 is 1.95 bits per heavy atom. The highest BCUT2D eigenvalue weighted by Gasteiger charge is 2.14. The number of anilines is 2. The van der Waals surface area contributed by atoms with Crippen LogP contribution in [0.15, 0.2) is 67.1 Å². The molecular formula is C27H24ClN5O4S2. The molecule has 0 atom stereocenters. The molecule has 12 heteroatoms. The largest absolute Gasteiger partial charge is 0.486 e. The number of carbonyl (C=O) groups is 1. The number of hydrogen-bond acceptors (Lipinski definition) is 9. The van der Waals surface area contributed by atoms with E-state index in [1.54, 1.807) is 18.3 Å². The highest BCUT2D eigenvalue weighted by molar-refractivity contribution is 7.90. The lowest BCUT2D eigenvalue weighted by Gasteiger charge is -2.11. The van der Waals surface area contributed by atoms with Gasteiger partial charge in [-0.2, -0.15) is 0 Å². The van der Waals surface area contributed by atoms with Crippen molar-refractivity contribution < 1.29 is 17.9 Å². The minimum absolute atomic E-state index is 0.0886. The van der Waals surface area contributed by atoms with Gasteiger partial charge in [-0.1, -0.05) is 29.8 Å². The molecule has 3 heterocycles. The van der Waals surface area contributed by atoms with E-state index in [1.807, 2.05) is 42.5 Å². The number of halogens is 1. The molecular weight excluding hydrogens is 558 g/mol. The van der Waals surface area contributed by atoms with Gasteiger partial charge in [0.25, 0.3) is 0 Å². The number of pyridine rings is 1. The van der Waals surface area contributed by atoms with E-state index in [9.17, 15) is 13.2 Å². The number of aromatic nitrogens is 3. The third kappa shape index (κ3) is 6.80. The predicted octanol–water partition coefficient (Wildman–Crippen LogP) is 4.92. The molecule has 9 nitrogen and oxygen atoms in total. The first-order valence-corrected chi connectivity index (χ1v) is 15.2. The van der Waals surface area contributed by atoms with E-state index in [4.69, 9.17) is 16.3 Å². The predicted molar refractivity (Wildman–Crippen MR) is 155 cm³/mol. The zero-order valence-corrected chi connectivity index (χ0v) is 23.2. The third-order valence-electron chi connectivity index (χ3n) is 5.79. The van der Waals surface area contributed by atoms with Crippen molar-refractivity contribution in [1.82, 2.24) is 20.3 Å². The summed E-state index contributed by atoms with van der Waals surface area (Å²) >= 11 is 7.99. The molecule has 0 saturated carbocycles. The second-order valence-corrected chi connectivity index (χ2v) is 12.6. The van der Waals surface area contributed by atoms with Crippen LogP contribution in [0.1, 0.15) is 11.3 Å². The molecule has 2 N–H and O–H groups in total. The van der Waals surface area contributed by atoms with Crippen molar-refractivity contribution in [2.45, 2.75) is 13.0 Å². The lowest BCUT2D eigenvalue weighted by atomic mass is 10.1. The van der Waals surface area contributed by atoms with E-state index < -0.39 is 9.84 Å². The van der Waals surface area contributed by atoms with Crippen LogP contribution in [0.5, 0.6) is 5.75 Å². The molecule has 5 rings (SSSR count). The van der Waals surface area contributed by atoms with Gasteiger partial charge in [0.2, 0.25) is 5.91 Å². The van der Waals surface area contributed by atoms with Crippen molar-refractivity contribution in [3.8, 4) is 5.75 Å². The number of ether oxygens (including phenoxy) is 1. The molecule has 0 aliphatic carbocycles. The van der Waals surface area contributed by atoms with Gasteiger partial charge in [-0.25, -0.2) is 18.4 Å². The highest BCUT2D eigenvalue weighted by Crippen LogP contribution is 2.38. The van der Waals surface area contributed by atoms with Crippen molar-refractivity contribution in [2.75, 3.05) is 23.9 Å². The summed E-state index contributed by atoms with van der Waals surface area (Å²) in [5, 5.41) is 8.27. The van der Waals surface area contributed by atoms with E-state index in [-0.39, 0.29) is 24.6 Å². The molecule has 3 aromatic heterocycles. The molecule has 0 aliphatic rings. The van der Waals surface area contributed by atoms with E-state index in [0.717, 1.165) is 43.5 Å². The van der Waals surface area contributed by atoms with Gasteiger partial charge < -0.3 is 15.4 Å². The van der Waals surface area contributed by atoms with Crippen molar-refractivity contribution in [3.63, 3.8) is 0 Å². The van der Waals surface area contributed by atoms with Crippen LogP contribution in [0.25, 0.3) is 20.3 Å². The molecule has 200 valence electrons. The SMILES string of the molecule is CS(=O)(=O)CCNC(=O)Cc1ccc2c(c1)sc1ncnc(Nc3ccc(OCc4ccccn4)c(Cl)c3)c12. The fraction of sp³-hybridized carbons (Fsp3) is 0.185. The molecule has 5 aromatic rings. The molecule has 0 aliphatic heterocycles. The minimum Gasteiger partial charge on any atom is -0.486 e. The Morgan fingerprint density at radius 1 is 1.08 bits per heavy atom. The van der Waals surface area contributed by atoms with Crippen LogP contribution in [0.3, 0.4) is 0 Å². The molecule has 0 bridgehead atoms. The lowest BCUT2D eigenvalue weighted by Crippen LogP contribution is -2.29. The van der Waals surface area contributed by atoms with E-state index >= 15 is 0 Å². The van der Waals surface area contributed by atoms with Crippen LogP contribution in [0.4, 0.5) is 11.5 Å². The van der Waals surface area contributed by atoms with Crippen molar-refractivity contribution in [1.29, 1.82) is 0 Å². The molecule has 2 aromatic carbocycles. The number of carbonyl (C=O) groups excluding carboxylic acids is 1. The van der Waals surface area contributed by atoms with E-state index in [0.29, 0.717) is 23.2 Å². The second kappa shape index (κ2) is 11.5. The molecule has 0 unspecified atom stereocenters. The average molecular weight is 582 g/mol. The number of thiophene rings is 1. The Hall–Kier alpha value is -3.80. The Kier molecular flexibility index (Phi) is 7.92. The quantitative estimate of drug-likeness (QED) is 0.238. The second-order valence-electron chi connectivity index (χ2n) is 8.87. The molecule has 1 amide bonds. The number of hydrogen-bond donors (Lipinski definition) is 2. The minimum atomic E-state index is -3.13. The number of sulfone groups is 1. The van der Waals surface area contributed by atoms with Gasteiger partial charge in [-0.05, 0) is 42.0 Å². The fourth-order valence-electron chi connectivity index (χ4n) is 3.95. The van der Waals surface area contributed by atoms with Crippen molar-refractivity contribution in [3.05, 3.63) is 83.4 Å². The first kappa shape index (κ1) is 26.8. The molecule has 0 radical (unpaired) electrons. The Balaban J connectivity index is 1.32. The van der Waals surface area contributed by atoms with Crippen LogP contribution in [-0.2, 0) is 27.7 Å². The maximum atomic E-state index is 12.3. The monoisotopic (exact) mass is 581 g/mol. The number of rotatable bonds is 10. The summed E-state index contributed by atoms with van der Waals surface area (Å²) in [5.41, 5.74) is 2.37. The van der Waals surface area contributed by atoms with Crippen LogP contribution < -0.4 is 15.4 Å². The van der Waals surface area contributed by atoms with Crippen LogP contribution >= 0.6 is 22.9 Å². The number of fused-ring (bicyclic) bond motifs is 3. The molecule has 0 saturated heterocycles. The van der Waals surface area contributed by atoms with Gasteiger partial charge in [0.15, 0.2) is 0 Å². The summed E-state index contributed by atoms with van der Waals surface area (Å²) in [6.07, 6.45) is 4.51. The van der Waals surface area contributed by atoms with Crippen LogP contribution in [0.2, 0.25) is 5.02 Å². The summed E-state index contributed by atoms with van der Waals surface area (Å²) in [4.78, 5) is 26.2. The van der Waals surface area contributed by atoms with Crippen molar-refractivity contribution in [2.24, 2.45) is 0 Å². The number of amides is 1. The van der Waals surface area contributed by atoms with Gasteiger partial charge >= 0.3 is 0 Å². The molecule has 0 fully saturated rings. The summed E-state index contributed by atoms with van der Waals surface area (Å²) in [7, 11) is -3.13. The number of benzene rings is 2. The number of nitrogens with one attached hydrogen (secondary N) is 2. The van der Waals surface area contributed by atoms with Crippen LogP contribution in [0, 0.1) is 0 Å². The third-order valence-corrected chi connectivity index (χ3v) is 8.09. The first-order valence-electron chi connectivity index (χ1n) is 11.9. The topological polar surface area (TPSA) is 123 Å². The van der Waals surface area contributed by atoms with Gasteiger partial charge in [-0.3, -0.25) is 9.78 Å². The normalized spacial score (nSPS) is 11.5. The maximum Gasteiger partial charge on any atom is 0.224 e. The standard InChI is InChI=1S/C27H24ClN5O4S2/c1-39(35,36)11-10-30-24(34)13-17-5-7-20-23(12-17)38-27-25(20)26(31-16-32-27)33-18-6-8-22(21(28)14-18)37-15-19-4-2-3-9-29-19/h2-9,12,14,16H,10-11,13,15H2,1H3,(H,30,34)(H,31,32,33). The van der Waals surface area contributed by atoms with E-state index in [2.05, 4.69) is 25.6 Å². The zero-order chi connectivity index (χ0) is 27.4. The number of nitrogens with zero attached hydrogens (tertiary/aromatic N) is 3. The van der Waals surface area contributed by atoms with Gasteiger partial charge in [0, 0.05) is 34.8 Å². The summed E-state index contributed by atoms with van der Waals surface area (Å²) < 4.78 is 29.3. The van der Waals surface area contributed by atoms with Gasteiger partial charge in [-0.15, -0.1) is 11.3 Å².